The number of carbonyl (C=O) groups is 2. The van der Waals surface area contributed by atoms with Gasteiger partial charge in [0.05, 0.1) is 0 Å². The van der Waals surface area contributed by atoms with Crippen LogP contribution in [0.3, 0.4) is 0 Å². The van der Waals surface area contributed by atoms with Crippen molar-refractivity contribution in [1.29, 1.82) is 0 Å². The Morgan fingerprint density at radius 2 is 2.00 bits per heavy atom. The highest BCUT2D eigenvalue weighted by Crippen LogP contribution is 2.12. The van der Waals surface area contributed by atoms with E-state index >= 15 is 0 Å². The lowest BCUT2D eigenvalue weighted by molar-refractivity contribution is -0.140. The molecule has 4 nitrogen and oxygen atoms in total. The van der Waals surface area contributed by atoms with Crippen molar-refractivity contribution in [3.8, 4) is 0 Å². The fourth-order valence-corrected chi connectivity index (χ4v) is 1.77. The van der Waals surface area contributed by atoms with Gasteiger partial charge in [-0.05, 0) is 24.1 Å². The van der Waals surface area contributed by atoms with Gasteiger partial charge in [0.25, 0.3) is 5.91 Å². The van der Waals surface area contributed by atoms with Crippen molar-refractivity contribution in [2.24, 2.45) is 5.92 Å². The van der Waals surface area contributed by atoms with Gasteiger partial charge in [0.2, 0.25) is 0 Å². The SMILES string of the molecule is CC(C)C(NC(=O)c1cccc(Br)c1)C(=O)O. The molecule has 1 unspecified atom stereocenters. The van der Waals surface area contributed by atoms with Crippen molar-refractivity contribution in [2.45, 2.75) is 19.9 Å². The van der Waals surface area contributed by atoms with Crippen molar-refractivity contribution in [3.05, 3.63) is 34.3 Å². The summed E-state index contributed by atoms with van der Waals surface area (Å²) in [7, 11) is 0. The highest BCUT2D eigenvalue weighted by molar-refractivity contribution is 9.10. The van der Waals surface area contributed by atoms with E-state index in [1.165, 1.54) is 0 Å². The number of carbonyl (C=O) groups excluding carboxylic acids is 1. The number of carboxylic acids is 1. The Morgan fingerprint density at radius 3 is 2.47 bits per heavy atom. The lowest BCUT2D eigenvalue weighted by Crippen LogP contribution is -2.44. The number of aliphatic carboxylic acids is 1. The van der Waals surface area contributed by atoms with Crippen LogP contribution in [0, 0.1) is 5.92 Å². The molecule has 0 fully saturated rings. The molecule has 17 heavy (non-hydrogen) atoms. The normalized spacial score (nSPS) is 12.2. The van der Waals surface area contributed by atoms with Gasteiger partial charge in [0.1, 0.15) is 6.04 Å². The van der Waals surface area contributed by atoms with E-state index in [1.54, 1.807) is 38.1 Å². The van der Waals surface area contributed by atoms with E-state index in [0.29, 0.717) is 5.56 Å². The standard InChI is InChI=1S/C12H14BrNO3/c1-7(2)10(12(16)17)14-11(15)8-4-3-5-9(13)6-8/h3-7,10H,1-2H3,(H,14,15)(H,16,17). The molecule has 1 aromatic carbocycles. The first-order valence-corrected chi connectivity index (χ1v) is 6.00. The van der Waals surface area contributed by atoms with E-state index in [0.717, 1.165) is 4.47 Å². The molecular formula is C12H14BrNO3. The number of hydrogen-bond donors (Lipinski definition) is 2. The lowest BCUT2D eigenvalue weighted by Gasteiger charge is -2.17. The first kappa shape index (κ1) is 13.7. The average Bonchev–Trinajstić information content (AvgIpc) is 2.24. The van der Waals surface area contributed by atoms with Crippen LogP contribution >= 0.6 is 15.9 Å². The molecule has 0 saturated carbocycles. The highest BCUT2D eigenvalue weighted by atomic mass is 79.9. The van der Waals surface area contributed by atoms with Crippen LogP contribution in [-0.2, 0) is 4.79 Å². The van der Waals surface area contributed by atoms with Crippen LogP contribution in [0.4, 0.5) is 0 Å². The first-order chi connectivity index (χ1) is 7.91. The molecule has 0 heterocycles. The largest absolute Gasteiger partial charge is 0.480 e. The maximum atomic E-state index is 11.8. The summed E-state index contributed by atoms with van der Waals surface area (Å²) in [5.41, 5.74) is 0.436. The fourth-order valence-electron chi connectivity index (χ4n) is 1.37. The summed E-state index contributed by atoms with van der Waals surface area (Å²) in [5.74, 6) is -1.57. The van der Waals surface area contributed by atoms with E-state index in [1.807, 2.05) is 0 Å². The number of rotatable bonds is 4. The third-order valence-corrected chi connectivity index (χ3v) is 2.80. The van der Waals surface area contributed by atoms with E-state index in [2.05, 4.69) is 21.2 Å². The van der Waals surface area contributed by atoms with Crippen molar-refractivity contribution < 1.29 is 14.7 Å². The Bertz CT molecular complexity index is 432. The maximum Gasteiger partial charge on any atom is 0.326 e. The van der Waals surface area contributed by atoms with Crippen molar-refractivity contribution >= 4 is 27.8 Å². The second-order valence-electron chi connectivity index (χ2n) is 4.04. The minimum atomic E-state index is -1.02. The Hall–Kier alpha value is -1.36. The zero-order chi connectivity index (χ0) is 13.0. The van der Waals surface area contributed by atoms with Crippen molar-refractivity contribution in [2.75, 3.05) is 0 Å². The van der Waals surface area contributed by atoms with Gasteiger partial charge in [-0.25, -0.2) is 4.79 Å². The molecule has 0 radical (unpaired) electrons. The van der Waals surface area contributed by atoms with E-state index in [4.69, 9.17) is 5.11 Å². The van der Waals surface area contributed by atoms with Crippen LogP contribution in [0.1, 0.15) is 24.2 Å². The van der Waals surface area contributed by atoms with Crippen LogP contribution in [-0.4, -0.2) is 23.0 Å². The fraction of sp³-hybridized carbons (Fsp3) is 0.333. The molecule has 5 heteroatoms. The first-order valence-electron chi connectivity index (χ1n) is 5.21. The average molecular weight is 300 g/mol. The predicted octanol–water partition coefficient (Wildman–Crippen LogP) is 2.29. The van der Waals surface area contributed by atoms with Crippen LogP contribution in [0.25, 0.3) is 0 Å². The second kappa shape index (κ2) is 5.82. The minimum absolute atomic E-state index is 0.163. The molecule has 0 saturated heterocycles. The molecule has 1 amide bonds. The van der Waals surface area contributed by atoms with Gasteiger partial charge in [0, 0.05) is 10.0 Å². The summed E-state index contributed by atoms with van der Waals surface area (Å²) >= 11 is 3.26. The molecule has 1 atom stereocenters. The summed E-state index contributed by atoms with van der Waals surface area (Å²) in [6.45, 7) is 3.50. The highest BCUT2D eigenvalue weighted by Gasteiger charge is 2.23. The molecule has 0 aliphatic rings. The topological polar surface area (TPSA) is 66.4 Å². The van der Waals surface area contributed by atoms with Gasteiger partial charge in [-0.15, -0.1) is 0 Å². The number of hydrogen-bond acceptors (Lipinski definition) is 2. The summed E-state index contributed by atoms with van der Waals surface area (Å²) < 4.78 is 0.779. The summed E-state index contributed by atoms with van der Waals surface area (Å²) in [6, 6.07) is 5.94. The van der Waals surface area contributed by atoms with Gasteiger partial charge in [-0.1, -0.05) is 35.8 Å². The molecule has 0 spiro atoms. The number of carboxylic acid groups (broad SMARTS) is 1. The Labute approximate surface area is 108 Å². The van der Waals surface area contributed by atoms with Crippen LogP contribution in [0.5, 0.6) is 0 Å². The molecule has 0 aliphatic heterocycles. The quantitative estimate of drug-likeness (QED) is 0.896. The monoisotopic (exact) mass is 299 g/mol. The number of halogens is 1. The zero-order valence-corrected chi connectivity index (χ0v) is 11.2. The molecule has 92 valence electrons. The van der Waals surface area contributed by atoms with Crippen molar-refractivity contribution in [1.82, 2.24) is 5.32 Å². The van der Waals surface area contributed by atoms with Gasteiger partial charge in [0.15, 0.2) is 0 Å². The number of amides is 1. The van der Waals surface area contributed by atoms with E-state index in [-0.39, 0.29) is 11.8 Å². The maximum absolute atomic E-state index is 11.8. The van der Waals surface area contributed by atoms with Gasteiger partial charge in [-0.3, -0.25) is 4.79 Å². The zero-order valence-electron chi connectivity index (χ0n) is 9.61. The summed E-state index contributed by atoms with van der Waals surface area (Å²) in [6.07, 6.45) is 0. The van der Waals surface area contributed by atoms with Crippen LogP contribution in [0.2, 0.25) is 0 Å². The molecule has 1 aromatic rings. The Morgan fingerprint density at radius 1 is 1.35 bits per heavy atom. The molecule has 1 rings (SSSR count). The molecule has 0 bridgehead atoms. The Kier molecular flexibility index (Phi) is 4.69. The Balaban J connectivity index is 2.81. The van der Waals surface area contributed by atoms with E-state index < -0.39 is 12.0 Å². The molecule has 0 aromatic heterocycles. The molecule has 0 aliphatic carbocycles. The van der Waals surface area contributed by atoms with Crippen molar-refractivity contribution in [3.63, 3.8) is 0 Å². The lowest BCUT2D eigenvalue weighted by atomic mass is 10.0. The minimum Gasteiger partial charge on any atom is -0.480 e. The third-order valence-electron chi connectivity index (χ3n) is 2.31. The predicted molar refractivity (Wildman–Crippen MR) is 67.9 cm³/mol. The molecule has 2 N–H and O–H groups in total. The smallest absolute Gasteiger partial charge is 0.326 e. The number of nitrogens with one attached hydrogen (secondary N) is 1. The molecular weight excluding hydrogens is 286 g/mol. The summed E-state index contributed by atoms with van der Waals surface area (Å²) in [5, 5.41) is 11.5. The van der Waals surface area contributed by atoms with Gasteiger partial charge < -0.3 is 10.4 Å². The van der Waals surface area contributed by atoms with Gasteiger partial charge >= 0.3 is 5.97 Å². The third kappa shape index (κ3) is 3.85. The number of benzene rings is 1. The second-order valence-corrected chi connectivity index (χ2v) is 4.96. The van der Waals surface area contributed by atoms with Crippen LogP contribution < -0.4 is 5.32 Å². The summed E-state index contributed by atoms with van der Waals surface area (Å²) in [4.78, 5) is 22.8. The van der Waals surface area contributed by atoms with E-state index in [9.17, 15) is 9.59 Å². The van der Waals surface area contributed by atoms with Crippen LogP contribution in [0.15, 0.2) is 28.7 Å². The van der Waals surface area contributed by atoms with Gasteiger partial charge in [-0.2, -0.15) is 0 Å².